The summed E-state index contributed by atoms with van der Waals surface area (Å²) >= 11 is 0. The van der Waals surface area contributed by atoms with E-state index in [4.69, 9.17) is 4.98 Å². The van der Waals surface area contributed by atoms with Gasteiger partial charge in [-0.25, -0.2) is 4.98 Å². The van der Waals surface area contributed by atoms with Crippen LogP contribution in [0.4, 0.5) is 5.82 Å². The third kappa shape index (κ3) is 2.39. The normalized spacial score (nSPS) is 20.1. The third-order valence-corrected chi connectivity index (χ3v) is 4.83. The Labute approximate surface area is 125 Å². The van der Waals surface area contributed by atoms with E-state index in [0.29, 0.717) is 0 Å². The predicted octanol–water partition coefficient (Wildman–Crippen LogP) is 2.77. The summed E-state index contributed by atoms with van der Waals surface area (Å²) in [5.74, 6) is 2.05. The molecule has 0 radical (unpaired) electrons. The number of rotatable bonds is 1. The highest BCUT2D eigenvalue weighted by Gasteiger charge is 2.24. The zero-order valence-electron chi connectivity index (χ0n) is 12.6. The van der Waals surface area contributed by atoms with Crippen LogP contribution in [0.3, 0.4) is 0 Å². The average molecular weight is 285 g/mol. The average Bonchev–Trinajstić information content (AvgIpc) is 3.15. The topological polar surface area (TPSA) is 46.3 Å². The van der Waals surface area contributed by atoms with E-state index in [1.165, 1.54) is 62.0 Å². The van der Waals surface area contributed by atoms with Crippen LogP contribution in [0.5, 0.6) is 0 Å². The van der Waals surface area contributed by atoms with Gasteiger partial charge in [-0.2, -0.15) is 14.6 Å². The molecule has 0 amide bonds. The van der Waals surface area contributed by atoms with Gasteiger partial charge >= 0.3 is 0 Å². The van der Waals surface area contributed by atoms with Gasteiger partial charge in [0.2, 0.25) is 0 Å². The molecule has 2 aromatic heterocycles. The SMILES string of the molecule is c1nc2nc3c(c(N4CCCCCCCC4)n2n1)CCC3. The highest BCUT2D eigenvalue weighted by molar-refractivity contribution is 5.56. The monoisotopic (exact) mass is 285 g/mol. The van der Waals surface area contributed by atoms with Crippen molar-refractivity contribution in [2.45, 2.75) is 57.8 Å². The molecule has 1 aliphatic heterocycles. The van der Waals surface area contributed by atoms with Gasteiger partial charge in [0, 0.05) is 18.7 Å². The molecule has 3 heterocycles. The standard InChI is InChI=1S/C16H23N5/c1-2-4-6-11-20(10-5-3-1)15-13-8-7-9-14(13)19-16-17-12-18-21(15)16/h12H,1-11H2. The maximum atomic E-state index is 4.69. The van der Waals surface area contributed by atoms with Gasteiger partial charge in [-0.15, -0.1) is 0 Å². The molecule has 5 nitrogen and oxygen atoms in total. The van der Waals surface area contributed by atoms with E-state index in [0.717, 1.165) is 31.7 Å². The summed E-state index contributed by atoms with van der Waals surface area (Å²) in [4.78, 5) is 11.6. The Bertz CT molecular complexity index is 623. The van der Waals surface area contributed by atoms with Gasteiger partial charge in [0.15, 0.2) is 0 Å². The van der Waals surface area contributed by atoms with Crippen LogP contribution < -0.4 is 4.90 Å². The van der Waals surface area contributed by atoms with E-state index < -0.39 is 0 Å². The first kappa shape index (κ1) is 13.0. The van der Waals surface area contributed by atoms with E-state index in [-0.39, 0.29) is 0 Å². The lowest BCUT2D eigenvalue weighted by molar-refractivity contribution is 0.636. The van der Waals surface area contributed by atoms with Crippen molar-refractivity contribution in [3.63, 3.8) is 0 Å². The maximum absolute atomic E-state index is 4.69. The lowest BCUT2D eigenvalue weighted by Crippen LogP contribution is -2.29. The summed E-state index contributed by atoms with van der Waals surface area (Å²) in [6, 6.07) is 0. The van der Waals surface area contributed by atoms with Crippen LogP contribution >= 0.6 is 0 Å². The number of hydrogen-bond donors (Lipinski definition) is 0. The van der Waals surface area contributed by atoms with Crippen molar-refractivity contribution < 1.29 is 0 Å². The second-order valence-electron chi connectivity index (χ2n) is 6.29. The molecule has 0 N–H and O–H groups in total. The first-order valence-corrected chi connectivity index (χ1v) is 8.40. The molecule has 0 spiro atoms. The van der Waals surface area contributed by atoms with Crippen LogP contribution in [0.25, 0.3) is 5.78 Å². The first-order valence-electron chi connectivity index (χ1n) is 8.40. The molecule has 0 aromatic carbocycles. The molecule has 5 heteroatoms. The van der Waals surface area contributed by atoms with Gasteiger partial charge in [0.05, 0.1) is 5.69 Å². The van der Waals surface area contributed by atoms with Crippen LogP contribution in [0.2, 0.25) is 0 Å². The lowest BCUT2D eigenvalue weighted by atomic mass is 10.1. The van der Waals surface area contributed by atoms with Gasteiger partial charge in [0.25, 0.3) is 5.78 Å². The Hall–Kier alpha value is -1.65. The Morgan fingerprint density at radius 3 is 2.43 bits per heavy atom. The Morgan fingerprint density at radius 1 is 0.857 bits per heavy atom. The van der Waals surface area contributed by atoms with Gasteiger partial charge in [0.1, 0.15) is 12.1 Å². The van der Waals surface area contributed by atoms with Crippen molar-refractivity contribution >= 4 is 11.6 Å². The molecule has 1 saturated heterocycles. The molecule has 112 valence electrons. The van der Waals surface area contributed by atoms with Crippen molar-refractivity contribution in [3.05, 3.63) is 17.6 Å². The van der Waals surface area contributed by atoms with E-state index in [1.807, 2.05) is 4.52 Å². The number of anilines is 1. The quantitative estimate of drug-likeness (QED) is 0.808. The molecule has 0 atom stereocenters. The van der Waals surface area contributed by atoms with Gasteiger partial charge in [-0.3, -0.25) is 0 Å². The number of nitrogens with zero attached hydrogens (tertiary/aromatic N) is 5. The van der Waals surface area contributed by atoms with Crippen molar-refractivity contribution in [1.82, 2.24) is 19.6 Å². The Morgan fingerprint density at radius 2 is 1.62 bits per heavy atom. The summed E-state index contributed by atoms with van der Waals surface area (Å²) in [5, 5.41) is 4.45. The molecular formula is C16H23N5. The Kier molecular flexibility index (Phi) is 3.49. The van der Waals surface area contributed by atoms with E-state index >= 15 is 0 Å². The number of aromatic nitrogens is 4. The lowest BCUT2D eigenvalue weighted by Gasteiger charge is -2.26. The van der Waals surface area contributed by atoms with Crippen molar-refractivity contribution in [2.75, 3.05) is 18.0 Å². The highest BCUT2D eigenvalue weighted by Crippen LogP contribution is 2.31. The Balaban J connectivity index is 1.78. The largest absolute Gasteiger partial charge is 0.356 e. The molecular weight excluding hydrogens is 262 g/mol. The summed E-state index contributed by atoms with van der Waals surface area (Å²) < 4.78 is 1.97. The predicted molar refractivity (Wildman–Crippen MR) is 82.7 cm³/mol. The minimum Gasteiger partial charge on any atom is -0.356 e. The third-order valence-electron chi connectivity index (χ3n) is 4.83. The van der Waals surface area contributed by atoms with Crippen molar-refractivity contribution in [1.29, 1.82) is 0 Å². The van der Waals surface area contributed by atoms with Crippen LogP contribution in [0.1, 0.15) is 56.2 Å². The smallest absolute Gasteiger partial charge is 0.254 e. The van der Waals surface area contributed by atoms with Gasteiger partial charge in [-0.1, -0.05) is 25.7 Å². The molecule has 2 aromatic rings. The fourth-order valence-corrected chi connectivity index (χ4v) is 3.76. The fraction of sp³-hybridized carbons (Fsp3) is 0.688. The molecule has 21 heavy (non-hydrogen) atoms. The zero-order chi connectivity index (χ0) is 14.1. The fourth-order valence-electron chi connectivity index (χ4n) is 3.76. The molecule has 4 rings (SSSR count). The number of fused-ring (bicyclic) bond motifs is 2. The minimum absolute atomic E-state index is 0.769. The molecule has 2 aliphatic rings. The van der Waals surface area contributed by atoms with Gasteiger partial charge in [-0.05, 0) is 32.1 Å². The second-order valence-corrected chi connectivity index (χ2v) is 6.29. The highest BCUT2D eigenvalue weighted by atomic mass is 15.4. The van der Waals surface area contributed by atoms with Crippen molar-refractivity contribution in [2.24, 2.45) is 0 Å². The maximum Gasteiger partial charge on any atom is 0.254 e. The van der Waals surface area contributed by atoms with E-state index in [9.17, 15) is 0 Å². The molecule has 0 unspecified atom stereocenters. The zero-order valence-corrected chi connectivity index (χ0v) is 12.6. The number of aryl methyl sites for hydroxylation is 1. The van der Waals surface area contributed by atoms with E-state index in [2.05, 4.69) is 15.0 Å². The second kappa shape index (κ2) is 5.62. The van der Waals surface area contributed by atoms with Crippen molar-refractivity contribution in [3.8, 4) is 0 Å². The molecule has 1 fully saturated rings. The minimum atomic E-state index is 0.769. The molecule has 1 aliphatic carbocycles. The number of hydrogen-bond acceptors (Lipinski definition) is 4. The van der Waals surface area contributed by atoms with E-state index in [1.54, 1.807) is 6.33 Å². The van der Waals surface area contributed by atoms with Crippen LogP contribution in [0.15, 0.2) is 6.33 Å². The van der Waals surface area contributed by atoms with Crippen LogP contribution in [-0.2, 0) is 12.8 Å². The first-order chi connectivity index (χ1) is 10.4. The summed E-state index contributed by atoms with van der Waals surface area (Å²) in [5.41, 5.74) is 2.68. The van der Waals surface area contributed by atoms with Crippen LogP contribution in [0, 0.1) is 0 Å². The van der Waals surface area contributed by atoms with Crippen LogP contribution in [-0.4, -0.2) is 32.7 Å². The summed E-state index contributed by atoms with van der Waals surface area (Å²) in [6.45, 7) is 2.29. The van der Waals surface area contributed by atoms with Gasteiger partial charge < -0.3 is 4.90 Å². The molecule has 0 saturated carbocycles. The summed E-state index contributed by atoms with van der Waals surface area (Å²) in [6.07, 6.45) is 13.1. The summed E-state index contributed by atoms with van der Waals surface area (Å²) in [7, 11) is 0. The molecule has 0 bridgehead atoms.